The van der Waals surface area contributed by atoms with Gasteiger partial charge < -0.3 is 15.0 Å². The first kappa shape index (κ1) is 23.2. The molecular formula is C26H30N4O2. The van der Waals surface area contributed by atoms with Gasteiger partial charge in [0.15, 0.2) is 0 Å². The van der Waals surface area contributed by atoms with Crippen molar-refractivity contribution < 1.29 is 9.53 Å². The lowest BCUT2D eigenvalue weighted by atomic mass is 10.1. The molecule has 32 heavy (non-hydrogen) atoms. The van der Waals surface area contributed by atoms with E-state index in [1.165, 1.54) is 5.57 Å². The van der Waals surface area contributed by atoms with Crippen LogP contribution in [0.25, 0.3) is 0 Å². The molecule has 1 amide bonds. The second-order valence-electron chi connectivity index (χ2n) is 7.43. The van der Waals surface area contributed by atoms with Gasteiger partial charge in [0.25, 0.3) is 5.91 Å². The predicted octanol–water partition coefficient (Wildman–Crippen LogP) is 3.47. The first-order valence-electron chi connectivity index (χ1n) is 11.0. The molecule has 1 fully saturated rings. The van der Waals surface area contributed by atoms with Gasteiger partial charge in [-0.25, -0.2) is 0 Å². The number of carbonyl (C=O) groups excluding carboxylic acids is 1. The highest BCUT2D eigenvalue weighted by atomic mass is 16.5. The maximum Gasteiger partial charge on any atom is 0.251 e. The molecule has 6 nitrogen and oxygen atoms in total. The number of amides is 1. The lowest BCUT2D eigenvalue weighted by Gasteiger charge is -2.30. The lowest BCUT2D eigenvalue weighted by Crippen LogP contribution is -2.36. The number of anilines is 1. The number of aromatic nitrogens is 1. The van der Waals surface area contributed by atoms with Crippen LogP contribution in [-0.2, 0) is 4.74 Å². The van der Waals surface area contributed by atoms with Crippen LogP contribution in [0.1, 0.15) is 41.3 Å². The normalized spacial score (nSPS) is 14.2. The molecule has 2 heterocycles. The number of carbonyl (C=O) groups is 1. The minimum atomic E-state index is -0.0864. The van der Waals surface area contributed by atoms with E-state index in [1.807, 2.05) is 49.5 Å². The number of morpholine rings is 1. The second kappa shape index (κ2) is 12.4. The fraction of sp³-hybridized carbons (Fsp3) is 0.346. The van der Waals surface area contributed by atoms with Crippen molar-refractivity contribution in [1.82, 2.24) is 10.3 Å². The Bertz CT molecular complexity index is 1010. The molecule has 0 radical (unpaired) electrons. The summed E-state index contributed by atoms with van der Waals surface area (Å²) < 4.78 is 5.49. The number of ether oxygens (including phenoxy) is 1. The largest absolute Gasteiger partial charge is 0.378 e. The van der Waals surface area contributed by atoms with Crippen LogP contribution in [0.15, 0.2) is 59.4 Å². The maximum absolute atomic E-state index is 12.8. The Balaban J connectivity index is 1.74. The standard InChI is InChI=1S/C26H30N4O2/c1-3-21(20-27-2)5-4-12-29-26(31)24-8-9-25(30-15-17-32-18-16-30)23(19-24)7-6-22-10-13-28-14-11-22/h3,8-11,13-14,19-20H,4-5,12,15-18H2,1-2H3,(H,29,31)/b21-3-,27-20-. The van der Waals surface area contributed by atoms with E-state index < -0.39 is 0 Å². The van der Waals surface area contributed by atoms with Crippen molar-refractivity contribution >= 4 is 17.8 Å². The fourth-order valence-corrected chi connectivity index (χ4v) is 3.48. The Hall–Kier alpha value is -3.43. The monoisotopic (exact) mass is 430 g/mol. The van der Waals surface area contributed by atoms with Gasteiger partial charge in [-0.1, -0.05) is 17.9 Å². The number of aliphatic imine (C=N–C) groups is 1. The number of pyridine rings is 1. The zero-order valence-corrected chi connectivity index (χ0v) is 18.8. The highest BCUT2D eigenvalue weighted by Gasteiger charge is 2.16. The average molecular weight is 431 g/mol. The van der Waals surface area contributed by atoms with E-state index >= 15 is 0 Å². The third kappa shape index (κ3) is 6.79. The first-order valence-corrected chi connectivity index (χ1v) is 11.0. The molecule has 166 valence electrons. The fourth-order valence-electron chi connectivity index (χ4n) is 3.48. The van der Waals surface area contributed by atoms with Gasteiger partial charge in [-0.2, -0.15) is 0 Å². The van der Waals surface area contributed by atoms with Gasteiger partial charge in [-0.3, -0.25) is 14.8 Å². The van der Waals surface area contributed by atoms with Gasteiger partial charge in [0.05, 0.1) is 18.9 Å². The Morgan fingerprint density at radius 1 is 1.22 bits per heavy atom. The van der Waals surface area contributed by atoms with E-state index in [4.69, 9.17) is 4.74 Å². The molecule has 0 aliphatic carbocycles. The van der Waals surface area contributed by atoms with Crippen LogP contribution < -0.4 is 10.2 Å². The minimum Gasteiger partial charge on any atom is -0.378 e. The van der Waals surface area contributed by atoms with E-state index in [0.29, 0.717) is 25.3 Å². The molecule has 1 aliphatic heterocycles. The Kier molecular flexibility index (Phi) is 9.03. The highest BCUT2D eigenvalue weighted by Crippen LogP contribution is 2.23. The minimum absolute atomic E-state index is 0.0864. The van der Waals surface area contributed by atoms with Gasteiger partial charge in [0, 0.05) is 62.0 Å². The zero-order chi connectivity index (χ0) is 22.6. The summed E-state index contributed by atoms with van der Waals surface area (Å²) in [5.74, 6) is 6.37. The van der Waals surface area contributed by atoms with Gasteiger partial charge in [0.1, 0.15) is 0 Å². The maximum atomic E-state index is 12.8. The predicted molar refractivity (Wildman–Crippen MR) is 129 cm³/mol. The number of hydrogen-bond acceptors (Lipinski definition) is 5. The van der Waals surface area contributed by atoms with Crippen LogP contribution in [0, 0.1) is 11.8 Å². The molecule has 0 unspecified atom stereocenters. The van der Waals surface area contributed by atoms with Crippen molar-refractivity contribution in [1.29, 1.82) is 0 Å². The quantitative estimate of drug-likeness (QED) is 0.415. The van der Waals surface area contributed by atoms with Gasteiger partial charge in [0.2, 0.25) is 0 Å². The first-order chi connectivity index (χ1) is 15.7. The number of benzene rings is 1. The average Bonchev–Trinajstić information content (AvgIpc) is 2.85. The van der Waals surface area contributed by atoms with Crippen LogP contribution in [0.4, 0.5) is 5.69 Å². The van der Waals surface area contributed by atoms with E-state index in [0.717, 1.165) is 42.7 Å². The van der Waals surface area contributed by atoms with Crippen molar-refractivity contribution in [2.45, 2.75) is 19.8 Å². The number of hydrogen-bond donors (Lipinski definition) is 1. The number of nitrogens with one attached hydrogen (secondary N) is 1. The summed E-state index contributed by atoms with van der Waals surface area (Å²) in [6.07, 6.45) is 9.10. The van der Waals surface area contributed by atoms with E-state index in [2.05, 4.69) is 32.0 Å². The van der Waals surface area contributed by atoms with Crippen molar-refractivity contribution in [3.05, 3.63) is 71.1 Å². The summed E-state index contributed by atoms with van der Waals surface area (Å²) in [7, 11) is 1.76. The molecule has 0 bridgehead atoms. The van der Waals surface area contributed by atoms with Crippen molar-refractivity contribution in [3.8, 4) is 11.8 Å². The summed E-state index contributed by atoms with van der Waals surface area (Å²) in [6, 6.07) is 9.50. The van der Waals surface area contributed by atoms with Crippen molar-refractivity contribution in [2.24, 2.45) is 4.99 Å². The molecule has 1 saturated heterocycles. The molecule has 1 aromatic carbocycles. The lowest BCUT2D eigenvalue weighted by molar-refractivity contribution is 0.0953. The zero-order valence-electron chi connectivity index (χ0n) is 18.8. The summed E-state index contributed by atoms with van der Waals surface area (Å²) in [5.41, 5.74) is 4.54. The van der Waals surface area contributed by atoms with E-state index in [-0.39, 0.29) is 5.91 Å². The molecule has 0 atom stereocenters. The van der Waals surface area contributed by atoms with Crippen molar-refractivity contribution in [3.63, 3.8) is 0 Å². The van der Waals surface area contributed by atoms with Crippen LogP contribution in [0.5, 0.6) is 0 Å². The van der Waals surface area contributed by atoms with Gasteiger partial charge in [-0.15, -0.1) is 0 Å². The van der Waals surface area contributed by atoms with Crippen LogP contribution in [0.3, 0.4) is 0 Å². The second-order valence-corrected chi connectivity index (χ2v) is 7.43. The summed E-state index contributed by atoms with van der Waals surface area (Å²) >= 11 is 0. The molecule has 2 aromatic rings. The third-order valence-corrected chi connectivity index (χ3v) is 5.23. The topological polar surface area (TPSA) is 66.8 Å². The van der Waals surface area contributed by atoms with Crippen LogP contribution in [-0.4, -0.2) is 57.0 Å². The summed E-state index contributed by atoms with van der Waals surface area (Å²) in [6.45, 7) is 5.61. The molecule has 6 heteroatoms. The Morgan fingerprint density at radius 2 is 2.00 bits per heavy atom. The van der Waals surface area contributed by atoms with E-state index in [9.17, 15) is 4.79 Å². The van der Waals surface area contributed by atoms with Crippen LogP contribution >= 0.6 is 0 Å². The Morgan fingerprint density at radius 3 is 2.72 bits per heavy atom. The van der Waals surface area contributed by atoms with E-state index in [1.54, 1.807) is 19.4 Å². The Labute approximate surface area is 190 Å². The molecule has 1 N–H and O–H groups in total. The number of rotatable bonds is 7. The molecule has 0 spiro atoms. The summed E-state index contributed by atoms with van der Waals surface area (Å²) in [4.78, 5) is 23.1. The molecular weight excluding hydrogens is 400 g/mol. The molecule has 3 rings (SSSR count). The SMILES string of the molecule is C/C=C(\C=N/C)CCCNC(=O)c1ccc(N2CCOCC2)c(C#Cc2ccncc2)c1. The number of nitrogens with zero attached hydrogens (tertiary/aromatic N) is 3. The van der Waals surface area contributed by atoms with Crippen molar-refractivity contribution in [2.75, 3.05) is 44.8 Å². The third-order valence-electron chi connectivity index (χ3n) is 5.23. The smallest absolute Gasteiger partial charge is 0.251 e. The van der Waals surface area contributed by atoms with Gasteiger partial charge in [-0.05, 0) is 55.7 Å². The molecule has 0 saturated carbocycles. The molecule has 1 aliphatic rings. The molecule has 1 aromatic heterocycles. The highest BCUT2D eigenvalue weighted by molar-refractivity contribution is 5.95. The summed E-state index contributed by atoms with van der Waals surface area (Å²) in [5, 5.41) is 3.02. The van der Waals surface area contributed by atoms with Crippen LogP contribution in [0.2, 0.25) is 0 Å². The number of allylic oxidation sites excluding steroid dienone is 2. The van der Waals surface area contributed by atoms with Gasteiger partial charge >= 0.3 is 0 Å².